The van der Waals surface area contributed by atoms with Crippen molar-refractivity contribution >= 4 is 14.3 Å². The van der Waals surface area contributed by atoms with Crippen molar-refractivity contribution < 1.29 is 14.0 Å². The molecule has 0 N–H and O–H groups in total. The van der Waals surface area contributed by atoms with E-state index < -0.39 is 8.32 Å². The third kappa shape index (κ3) is 8.53. The largest absolute Gasteiger partial charge is 0.542 e. The molecule has 0 aromatic carbocycles. The van der Waals surface area contributed by atoms with Crippen LogP contribution < -0.4 is 0 Å². The fourth-order valence-electron chi connectivity index (χ4n) is 4.27. The highest BCUT2D eigenvalue weighted by atomic mass is 28.4. The summed E-state index contributed by atoms with van der Waals surface area (Å²) in [6.45, 7) is 21.8. The van der Waals surface area contributed by atoms with Gasteiger partial charge in [-0.2, -0.15) is 0 Å². The van der Waals surface area contributed by atoms with Gasteiger partial charge in [0.2, 0.25) is 0 Å². The van der Waals surface area contributed by atoms with Crippen LogP contribution in [0.2, 0.25) is 16.6 Å². The lowest BCUT2D eigenvalue weighted by Crippen LogP contribution is -2.47. The molecule has 0 aromatic heterocycles. The summed E-state index contributed by atoms with van der Waals surface area (Å²) in [6.07, 6.45) is 12.3. The fourth-order valence-corrected chi connectivity index (χ4v) is 9.55. The van der Waals surface area contributed by atoms with Crippen LogP contribution in [0.5, 0.6) is 0 Å². The molecule has 0 aliphatic carbocycles. The molecule has 0 amide bonds. The van der Waals surface area contributed by atoms with Crippen molar-refractivity contribution in [1.29, 1.82) is 0 Å². The Morgan fingerprint density at radius 2 is 1.55 bits per heavy atom. The maximum atomic E-state index is 12.7. The van der Waals surface area contributed by atoms with Gasteiger partial charge in [-0.1, -0.05) is 79.9 Å². The van der Waals surface area contributed by atoms with Crippen molar-refractivity contribution in [3.05, 3.63) is 36.1 Å². The minimum atomic E-state index is -2.18. The molecule has 0 spiro atoms. The minimum absolute atomic E-state index is 0.294. The van der Waals surface area contributed by atoms with Crippen LogP contribution in [-0.4, -0.2) is 20.9 Å². The summed E-state index contributed by atoms with van der Waals surface area (Å²) in [5.74, 6) is 0.402. The molecule has 0 rings (SSSR count). The monoisotopic (exact) mass is 422 g/mol. The molecule has 0 aromatic rings. The highest BCUT2D eigenvalue weighted by Crippen LogP contribution is 2.44. The van der Waals surface area contributed by atoms with E-state index in [1.807, 2.05) is 13.0 Å². The highest BCUT2D eigenvalue weighted by molar-refractivity contribution is 6.78. The first-order valence-corrected chi connectivity index (χ1v) is 13.7. The van der Waals surface area contributed by atoms with Gasteiger partial charge in [0.15, 0.2) is 0 Å². The number of esters is 1. The Bertz CT molecular complexity index is 522. The van der Waals surface area contributed by atoms with Crippen molar-refractivity contribution in [3.63, 3.8) is 0 Å². The van der Waals surface area contributed by atoms with Crippen molar-refractivity contribution in [2.75, 3.05) is 6.61 Å². The van der Waals surface area contributed by atoms with Gasteiger partial charge in [-0.05, 0) is 42.5 Å². The summed E-state index contributed by atoms with van der Waals surface area (Å²) in [5, 5.41) is 0. The zero-order chi connectivity index (χ0) is 22.4. The lowest BCUT2D eigenvalue weighted by molar-refractivity contribution is -0.138. The Morgan fingerprint density at radius 3 is 2.00 bits per heavy atom. The highest BCUT2D eigenvalue weighted by Gasteiger charge is 2.47. The molecule has 4 heteroatoms. The van der Waals surface area contributed by atoms with Crippen LogP contribution in [0.3, 0.4) is 0 Å². The Kier molecular flexibility index (Phi) is 14.0. The first-order chi connectivity index (χ1) is 13.7. The van der Waals surface area contributed by atoms with Crippen molar-refractivity contribution in [1.82, 2.24) is 0 Å². The van der Waals surface area contributed by atoms with Gasteiger partial charge in [0.25, 0.3) is 8.32 Å². The van der Waals surface area contributed by atoms with Crippen LogP contribution in [0, 0.1) is 0 Å². The average Bonchev–Trinajstić information content (AvgIpc) is 2.64. The maximum absolute atomic E-state index is 12.7. The van der Waals surface area contributed by atoms with Gasteiger partial charge in [-0.25, -0.2) is 4.79 Å². The second kappa shape index (κ2) is 14.7. The van der Waals surface area contributed by atoms with Crippen LogP contribution >= 0.6 is 0 Å². The first-order valence-electron chi connectivity index (χ1n) is 11.5. The number of rotatable bonds is 15. The molecule has 0 atom stereocenters. The van der Waals surface area contributed by atoms with E-state index >= 15 is 0 Å². The van der Waals surface area contributed by atoms with E-state index in [2.05, 4.69) is 61.1 Å². The molecule has 0 fully saturated rings. The van der Waals surface area contributed by atoms with Crippen LogP contribution in [0.25, 0.3) is 0 Å². The number of carbonyl (C=O) groups excluding carboxylic acids is 1. The number of hydrogen-bond donors (Lipinski definition) is 0. The van der Waals surface area contributed by atoms with Gasteiger partial charge in [0, 0.05) is 6.42 Å². The summed E-state index contributed by atoms with van der Waals surface area (Å²) in [7, 11) is -2.18. The molecule has 3 nitrogen and oxygen atoms in total. The van der Waals surface area contributed by atoms with Crippen molar-refractivity contribution in [2.45, 2.75) is 111 Å². The molecular weight excluding hydrogens is 376 g/mol. The Morgan fingerprint density at radius 1 is 0.966 bits per heavy atom. The topological polar surface area (TPSA) is 35.5 Å². The van der Waals surface area contributed by atoms with E-state index in [1.54, 1.807) is 6.08 Å². The summed E-state index contributed by atoms with van der Waals surface area (Å²) >= 11 is 0. The van der Waals surface area contributed by atoms with Gasteiger partial charge >= 0.3 is 5.97 Å². The number of unbranched alkanes of at least 4 members (excludes halogenated alkanes) is 4. The Labute approximate surface area is 181 Å². The van der Waals surface area contributed by atoms with Gasteiger partial charge in [-0.15, -0.1) is 6.58 Å². The molecule has 29 heavy (non-hydrogen) atoms. The van der Waals surface area contributed by atoms with Crippen LogP contribution in [-0.2, 0) is 14.0 Å². The third-order valence-corrected chi connectivity index (χ3v) is 11.6. The quantitative estimate of drug-likeness (QED) is 0.0508. The van der Waals surface area contributed by atoms with Crippen LogP contribution in [0.15, 0.2) is 36.1 Å². The van der Waals surface area contributed by atoms with Gasteiger partial charge < -0.3 is 9.16 Å². The second-order valence-corrected chi connectivity index (χ2v) is 14.1. The third-order valence-electron chi connectivity index (χ3n) is 5.66. The summed E-state index contributed by atoms with van der Waals surface area (Å²) in [5.41, 5.74) is 1.89. The number of ether oxygens (including phenoxy) is 1. The second-order valence-electron chi connectivity index (χ2n) is 8.73. The van der Waals surface area contributed by atoms with E-state index in [-0.39, 0.29) is 5.97 Å². The van der Waals surface area contributed by atoms with Gasteiger partial charge in [-0.3, -0.25) is 0 Å². The molecule has 0 radical (unpaired) electrons. The van der Waals surface area contributed by atoms with Crippen molar-refractivity contribution in [3.8, 4) is 0 Å². The van der Waals surface area contributed by atoms with E-state index in [0.29, 0.717) is 41.0 Å². The number of hydrogen-bond acceptors (Lipinski definition) is 3. The standard InChI is InChI=1S/C25H46O3Si/c1-10-13-14-15-16-17-19-24(23(18-11-2)25(26)27-12-3)28-29(20(4)5,21(6)7)22(8)9/h11,17,19-22H,2,10,12-16,18H2,1,3-9H3/b19-17+,24-23-. The lowest BCUT2D eigenvalue weighted by atomic mass is 10.1. The molecule has 0 saturated heterocycles. The summed E-state index contributed by atoms with van der Waals surface area (Å²) in [6, 6.07) is 0. The van der Waals surface area contributed by atoms with Gasteiger partial charge in [0.1, 0.15) is 5.76 Å². The van der Waals surface area contributed by atoms with E-state index in [4.69, 9.17) is 9.16 Å². The molecule has 0 heterocycles. The summed E-state index contributed by atoms with van der Waals surface area (Å²) < 4.78 is 12.3. The molecular formula is C25H46O3Si. The normalized spacial score (nSPS) is 13.3. The zero-order valence-electron chi connectivity index (χ0n) is 20.3. The summed E-state index contributed by atoms with van der Waals surface area (Å²) in [4.78, 5) is 12.7. The van der Waals surface area contributed by atoms with E-state index in [1.165, 1.54) is 19.3 Å². The van der Waals surface area contributed by atoms with Gasteiger partial charge in [0.05, 0.1) is 12.2 Å². The van der Waals surface area contributed by atoms with Crippen molar-refractivity contribution in [2.24, 2.45) is 0 Å². The molecule has 0 bridgehead atoms. The molecule has 0 unspecified atom stereocenters. The predicted molar refractivity (Wildman–Crippen MR) is 129 cm³/mol. The number of carbonyl (C=O) groups is 1. The lowest BCUT2D eigenvalue weighted by Gasteiger charge is -2.42. The maximum Gasteiger partial charge on any atom is 0.338 e. The van der Waals surface area contributed by atoms with Crippen LogP contribution in [0.1, 0.15) is 93.9 Å². The minimum Gasteiger partial charge on any atom is -0.542 e. The average molecular weight is 423 g/mol. The SMILES string of the molecule is C=CC/C(C(=O)OCC)=C(\C=C\CCCCCC)O[Si](C(C)C)(C(C)C)C(C)C. The smallest absolute Gasteiger partial charge is 0.338 e. The predicted octanol–water partition coefficient (Wildman–Crippen LogP) is 8.10. The Hall–Kier alpha value is -1.29. The number of allylic oxidation sites excluding steroid dienone is 3. The van der Waals surface area contributed by atoms with Crippen LogP contribution in [0.4, 0.5) is 0 Å². The first kappa shape index (κ1) is 27.7. The Balaban J connectivity index is 6.10. The molecule has 0 aliphatic heterocycles. The molecule has 0 saturated carbocycles. The van der Waals surface area contributed by atoms with E-state index in [9.17, 15) is 4.79 Å². The fraction of sp³-hybridized carbons (Fsp3) is 0.720. The molecule has 168 valence electrons. The molecule has 0 aliphatic rings. The zero-order valence-corrected chi connectivity index (χ0v) is 21.3. The van der Waals surface area contributed by atoms with E-state index in [0.717, 1.165) is 12.8 Å².